The van der Waals surface area contributed by atoms with Crippen LogP contribution in [0.2, 0.25) is 0 Å². The molecule has 0 atom stereocenters. The number of nitrogens with one attached hydrogen (secondary N) is 2. The summed E-state index contributed by atoms with van der Waals surface area (Å²) in [4.78, 5) is 0. The van der Waals surface area contributed by atoms with Crippen molar-refractivity contribution in [2.75, 3.05) is 12.4 Å². The van der Waals surface area contributed by atoms with Crippen molar-refractivity contribution in [3.05, 3.63) is 24.4 Å². The highest BCUT2D eigenvalue weighted by Gasteiger charge is 2.21. The Hall–Kier alpha value is -1.55. The van der Waals surface area contributed by atoms with E-state index in [-0.39, 0.29) is 0 Å². The van der Waals surface area contributed by atoms with Crippen LogP contribution in [0.3, 0.4) is 0 Å². The van der Waals surface area contributed by atoms with Gasteiger partial charge in [-0.1, -0.05) is 6.07 Å². The molecule has 1 aromatic heterocycles. The largest absolute Gasteiger partial charge is 0.382 e. The molecule has 0 aliphatic heterocycles. The molecule has 0 bridgehead atoms. The van der Waals surface area contributed by atoms with Gasteiger partial charge in [-0.25, -0.2) is 0 Å². The van der Waals surface area contributed by atoms with Crippen LogP contribution in [0, 0.1) is 0 Å². The molecule has 18 heavy (non-hydrogen) atoms. The highest BCUT2D eigenvalue weighted by Crippen LogP contribution is 2.27. The van der Waals surface area contributed by atoms with Gasteiger partial charge in [-0.05, 0) is 37.8 Å². The van der Waals surface area contributed by atoms with Crippen LogP contribution < -0.4 is 5.32 Å². The van der Waals surface area contributed by atoms with Crippen LogP contribution in [-0.4, -0.2) is 29.5 Å². The number of rotatable bonds is 3. The Balaban J connectivity index is 1.71. The average molecular weight is 245 g/mol. The summed E-state index contributed by atoms with van der Waals surface area (Å²) in [6, 6.07) is 6.79. The van der Waals surface area contributed by atoms with E-state index in [1.807, 2.05) is 13.3 Å². The van der Waals surface area contributed by atoms with E-state index in [4.69, 9.17) is 4.74 Å². The van der Waals surface area contributed by atoms with E-state index < -0.39 is 0 Å². The molecule has 1 saturated carbocycles. The number of H-pyrrole nitrogens is 1. The van der Waals surface area contributed by atoms with Crippen LogP contribution in [0.25, 0.3) is 10.9 Å². The fourth-order valence-electron chi connectivity index (χ4n) is 2.76. The number of anilines is 1. The molecule has 1 aliphatic carbocycles. The number of aromatic amines is 1. The van der Waals surface area contributed by atoms with Gasteiger partial charge in [-0.2, -0.15) is 5.10 Å². The molecule has 0 spiro atoms. The summed E-state index contributed by atoms with van der Waals surface area (Å²) >= 11 is 0. The summed E-state index contributed by atoms with van der Waals surface area (Å²) in [5.41, 5.74) is 2.27. The van der Waals surface area contributed by atoms with Gasteiger partial charge in [0.15, 0.2) is 0 Å². The average Bonchev–Trinajstić information content (AvgIpc) is 2.89. The first-order valence-electron chi connectivity index (χ1n) is 6.58. The lowest BCUT2D eigenvalue weighted by molar-refractivity contribution is 0.0682. The predicted molar refractivity (Wildman–Crippen MR) is 72.8 cm³/mol. The second kappa shape index (κ2) is 4.98. The highest BCUT2D eigenvalue weighted by molar-refractivity contribution is 5.90. The molecule has 0 saturated heterocycles. The standard InChI is InChI=1S/C14H19N3O/c1-18-11-7-5-10(6-8-11)16-13-3-2-4-14-12(13)9-15-17-14/h2-4,9-11,16H,5-8H2,1H3,(H,15,17). The van der Waals surface area contributed by atoms with Crippen molar-refractivity contribution < 1.29 is 4.74 Å². The smallest absolute Gasteiger partial charge is 0.0671 e. The quantitative estimate of drug-likeness (QED) is 0.874. The van der Waals surface area contributed by atoms with E-state index in [9.17, 15) is 0 Å². The lowest BCUT2D eigenvalue weighted by atomic mass is 9.92. The van der Waals surface area contributed by atoms with Crippen LogP contribution in [0.5, 0.6) is 0 Å². The number of hydrogen-bond acceptors (Lipinski definition) is 3. The number of fused-ring (bicyclic) bond motifs is 1. The molecule has 0 radical (unpaired) electrons. The maximum absolute atomic E-state index is 5.40. The Kier molecular flexibility index (Phi) is 3.19. The van der Waals surface area contributed by atoms with E-state index in [0.717, 1.165) is 18.4 Å². The zero-order valence-corrected chi connectivity index (χ0v) is 10.6. The second-order valence-corrected chi connectivity index (χ2v) is 4.99. The van der Waals surface area contributed by atoms with Gasteiger partial charge in [-0.15, -0.1) is 0 Å². The molecule has 3 rings (SSSR count). The Bertz CT molecular complexity index is 514. The zero-order chi connectivity index (χ0) is 12.4. The van der Waals surface area contributed by atoms with Crippen molar-refractivity contribution in [3.63, 3.8) is 0 Å². The van der Waals surface area contributed by atoms with Gasteiger partial charge in [0, 0.05) is 24.2 Å². The molecule has 1 heterocycles. The van der Waals surface area contributed by atoms with Gasteiger partial charge < -0.3 is 10.1 Å². The molecule has 96 valence electrons. The van der Waals surface area contributed by atoms with Gasteiger partial charge in [0.2, 0.25) is 0 Å². The van der Waals surface area contributed by atoms with E-state index in [0.29, 0.717) is 12.1 Å². The Morgan fingerprint density at radius 2 is 2.11 bits per heavy atom. The Morgan fingerprint density at radius 1 is 1.28 bits per heavy atom. The minimum atomic E-state index is 0.452. The van der Waals surface area contributed by atoms with Crippen molar-refractivity contribution in [2.45, 2.75) is 37.8 Å². The fraction of sp³-hybridized carbons (Fsp3) is 0.500. The zero-order valence-electron chi connectivity index (χ0n) is 10.6. The van der Waals surface area contributed by atoms with Crippen LogP contribution in [0.1, 0.15) is 25.7 Å². The number of ether oxygens (including phenoxy) is 1. The van der Waals surface area contributed by atoms with Crippen LogP contribution >= 0.6 is 0 Å². The van der Waals surface area contributed by atoms with Crippen molar-refractivity contribution in [3.8, 4) is 0 Å². The SMILES string of the molecule is COC1CCC(Nc2cccc3[nH]ncc23)CC1. The van der Waals surface area contributed by atoms with Crippen molar-refractivity contribution in [1.29, 1.82) is 0 Å². The summed E-state index contributed by atoms with van der Waals surface area (Å²) in [6.07, 6.45) is 6.98. The first-order valence-corrected chi connectivity index (χ1v) is 6.58. The summed E-state index contributed by atoms with van der Waals surface area (Å²) in [7, 11) is 1.81. The Labute approximate surface area is 107 Å². The molecule has 4 nitrogen and oxygen atoms in total. The normalized spacial score (nSPS) is 24.3. The maximum atomic E-state index is 5.40. The third-order valence-electron chi connectivity index (χ3n) is 3.85. The van der Waals surface area contributed by atoms with Crippen molar-refractivity contribution in [2.24, 2.45) is 0 Å². The summed E-state index contributed by atoms with van der Waals surface area (Å²) < 4.78 is 5.40. The summed E-state index contributed by atoms with van der Waals surface area (Å²) in [5, 5.41) is 11.9. The van der Waals surface area contributed by atoms with Crippen LogP contribution in [0.4, 0.5) is 5.69 Å². The monoisotopic (exact) mass is 245 g/mol. The van der Waals surface area contributed by atoms with Crippen LogP contribution in [0.15, 0.2) is 24.4 Å². The molecule has 0 amide bonds. The van der Waals surface area contributed by atoms with Gasteiger partial charge in [0.25, 0.3) is 0 Å². The van der Waals surface area contributed by atoms with Gasteiger partial charge in [0.05, 0.1) is 17.8 Å². The lowest BCUT2D eigenvalue weighted by Crippen LogP contribution is -2.29. The minimum Gasteiger partial charge on any atom is -0.382 e. The predicted octanol–water partition coefficient (Wildman–Crippen LogP) is 2.93. The molecule has 1 aromatic carbocycles. The molecule has 1 aliphatic rings. The molecule has 2 aromatic rings. The first kappa shape index (κ1) is 11.5. The van der Waals surface area contributed by atoms with Gasteiger partial charge in [0.1, 0.15) is 0 Å². The van der Waals surface area contributed by atoms with Crippen molar-refractivity contribution >= 4 is 16.6 Å². The van der Waals surface area contributed by atoms with Gasteiger partial charge in [-0.3, -0.25) is 5.10 Å². The number of methoxy groups -OCH3 is 1. The first-order chi connectivity index (χ1) is 8.86. The molecule has 1 fully saturated rings. The molecule has 2 N–H and O–H groups in total. The fourth-order valence-corrected chi connectivity index (χ4v) is 2.76. The third kappa shape index (κ3) is 2.20. The highest BCUT2D eigenvalue weighted by atomic mass is 16.5. The molecular formula is C14H19N3O. The molecule has 4 heteroatoms. The summed E-state index contributed by atoms with van der Waals surface area (Å²) in [6.45, 7) is 0. The van der Waals surface area contributed by atoms with Crippen molar-refractivity contribution in [1.82, 2.24) is 10.2 Å². The number of benzene rings is 1. The summed E-state index contributed by atoms with van der Waals surface area (Å²) in [5.74, 6) is 0. The Morgan fingerprint density at radius 3 is 2.89 bits per heavy atom. The lowest BCUT2D eigenvalue weighted by Gasteiger charge is -2.29. The molecular weight excluding hydrogens is 226 g/mol. The van der Waals surface area contributed by atoms with E-state index in [2.05, 4.69) is 33.7 Å². The molecule has 0 unspecified atom stereocenters. The van der Waals surface area contributed by atoms with E-state index in [1.54, 1.807) is 0 Å². The third-order valence-corrected chi connectivity index (χ3v) is 3.85. The second-order valence-electron chi connectivity index (χ2n) is 4.99. The number of nitrogens with zero attached hydrogens (tertiary/aromatic N) is 1. The van der Waals surface area contributed by atoms with Crippen LogP contribution in [-0.2, 0) is 4.74 Å². The number of hydrogen-bond donors (Lipinski definition) is 2. The topological polar surface area (TPSA) is 49.9 Å². The number of aromatic nitrogens is 2. The van der Waals surface area contributed by atoms with E-state index in [1.165, 1.54) is 23.9 Å². The van der Waals surface area contributed by atoms with Gasteiger partial charge >= 0.3 is 0 Å². The van der Waals surface area contributed by atoms with E-state index >= 15 is 0 Å². The minimum absolute atomic E-state index is 0.452. The maximum Gasteiger partial charge on any atom is 0.0671 e.